The number of amides is 2. The maximum absolute atomic E-state index is 12.7. The topological polar surface area (TPSA) is 67.2 Å². The first-order chi connectivity index (χ1) is 12.4. The van der Waals surface area contributed by atoms with E-state index >= 15 is 0 Å². The normalized spacial score (nSPS) is 12.1. The van der Waals surface area contributed by atoms with E-state index in [-0.39, 0.29) is 29.3 Å². The molecule has 0 aliphatic rings. The molecule has 0 atom stereocenters. The van der Waals surface area contributed by atoms with E-state index in [1.54, 1.807) is 11.0 Å². The molecule has 2 amide bonds. The van der Waals surface area contributed by atoms with Crippen LogP contribution in [0.15, 0.2) is 23.6 Å². The van der Waals surface area contributed by atoms with Gasteiger partial charge in [0.2, 0.25) is 5.91 Å². The molecule has 0 fully saturated rings. The molecule has 0 radical (unpaired) electrons. The predicted octanol–water partition coefficient (Wildman–Crippen LogP) is 4.10. The fourth-order valence-corrected chi connectivity index (χ4v) is 3.28. The van der Waals surface area contributed by atoms with Crippen molar-refractivity contribution in [3.8, 4) is 0 Å². The van der Waals surface area contributed by atoms with Crippen molar-refractivity contribution in [2.45, 2.75) is 59.4 Å². The molecule has 2 aromatic heterocycles. The summed E-state index contributed by atoms with van der Waals surface area (Å²) in [4.78, 5) is 27.4. The summed E-state index contributed by atoms with van der Waals surface area (Å²) in [5, 5.41) is 9.51. The lowest BCUT2D eigenvalue weighted by atomic mass is 9.92. The number of hydrogen-bond donors (Lipinski definition) is 1. The molecule has 2 heterocycles. The second kappa shape index (κ2) is 7.84. The fourth-order valence-electron chi connectivity index (χ4n) is 2.59. The lowest BCUT2D eigenvalue weighted by Gasteiger charge is -2.24. The maximum Gasteiger partial charge on any atom is 0.264 e. The number of hydrogen-bond acceptors (Lipinski definition) is 4. The van der Waals surface area contributed by atoms with Crippen LogP contribution in [0.25, 0.3) is 0 Å². The molecular weight excluding hydrogens is 360 g/mol. The summed E-state index contributed by atoms with van der Waals surface area (Å²) in [7, 11) is 0. The Morgan fingerprint density at radius 2 is 1.89 bits per heavy atom. The van der Waals surface area contributed by atoms with Gasteiger partial charge in [-0.15, -0.1) is 11.3 Å². The van der Waals surface area contributed by atoms with Crippen molar-refractivity contribution in [1.29, 1.82) is 0 Å². The van der Waals surface area contributed by atoms with E-state index in [9.17, 15) is 9.59 Å². The monoisotopic (exact) mass is 390 g/mol. The van der Waals surface area contributed by atoms with Crippen molar-refractivity contribution >= 4 is 29.0 Å². The average Bonchev–Trinajstić information content (AvgIpc) is 3.20. The van der Waals surface area contributed by atoms with Crippen molar-refractivity contribution in [2.24, 2.45) is 0 Å². The Morgan fingerprint density at radius 1 is 1.22 bits per heavy atom. The molecule has 0 aliphatic heterocycles. The molecule has 2 rings (SSSR count). The molecule has 0 spiro atoms. The fraction of sp³-hybridized carbons (Fsp3) is 0.550. The maximum atomic E-state index is 12.7. The molecule has 0 aromatic carbocycles. The Labute approximate surface area is 165 Å². The summed E-state index contributed by atoms with van der Waals surface area (Å²) in [6.07, 6.45) is 0. The first-order valence-corrected chi connectivity index (χ1v) is 10.0. The van der Waals surface area contributed by atoms with Crippen molar-refractivity contribution < 1.29 is 9.59 Å². The Kier molecular flexibility index (Phi) is 6.14. The highest BCUT2D eigenvalue weighted by Gasteiger charge is 2.26. The van der Waals surface area contributed by atoms with Crippen LogP contribution in [0.3, 0.4) is 0 Å². The van der Waals surface area contributed by atoms with Crippen LogP contribution in [0.1, 0.15) is 63.8 Å². The molecule has 0 saturated carbocycles. The Bertz CT molecular complexity index is 795. The second-order valence-corrected chi connectivity index (χ2v) is 9.54. The number of likely N-dealkylation sites (N-methyl/N-ethyl adjacent to an activating group) is 1. The molecule has 1 N–H and O–H groups in total. The summed E-state index contributed by atoms with van der Waals surface area (Å²) in [5.41, 5.74) is 0.513. The summed E-state index contributed by atoms with van der Waals surface area (Å²) < 4.78 is 1.84. The zero-order chi connectivity index (χ0) is 20.4. The minimum Gasteiger partial charge on any atom is -0.329 e. The molecule has 7 heteroatoms. The van der Waals surface area contributed by atoms with Gasteiger partial charge in [0.05, 0.1) is 16.1 Å². The van der Waals surface area contributed by atoms with E-state index in [1.165, 1.54) is 11.3 Å². The highest BCUT2D eigenvalue weighted by molar-refractivity contribution is 7.12. The third kappa shape index (κ3) is 5.19. The third-order valence-electron chi connectivity index (χ3n) is 4.12. The van der Waals surface area contributed by atoms with Gasteiger partial charge >= 0.3 is 0 Å². The first kappa shape index (κ1) is 21.2. The lowest BCUT2D eigenvalue weighted by Crippen LogP contribution is -2.38. The van der Waals surface area contributed by atoms with Gasteiger partial charge in [0.15, 0.2) is 0 Å². The Hall–Kier alpha value is -2.15. The second-order valence-electron chi connectivity index (χ2n) is 8.59. The van der Waals surface area contributed by atoms with Gasteiger partial charge in [0.25, 0.3) is 5.91 Å². The molecule has 148 valence electrons. The Morgan fingerprint density at radius 3 is 2.37 bits per heavy atom. The van der Waals surface area contributed by atoms with Crippen molar-refractivity contribution in [3.05, 3.63) is 34.2 Å². The summed E-state index contributed by atoms with van der Waals surface area (Å²) in [6, 6.07) is 5.53. The van der Waals surface area contributed by atoms with Crippen LogP contribution in [0.2, 0.25) is 0 Å². The predicted molar refractivity (Wildman–Crippen MR) is 110 cm³/mol. The van der Waals surface area contributed by atoms with Crippen LogP contribution in [0.5, 0.6) is 0 Å². The van der Waals surface area contributed by atoms with Gasteiger partial charge in [-0.05, 0) is 39.1 Å². The average molecular weight is 391 g/mol. The number of carbonyl (C=O) groups is 2. The van der Waals surface area contributed by atoms with Gasteiger partial charge in [-0.3, -0.25) is 9.59 Å². The van der Waals surface area contributed by atoms with Crippen LogP contribution >= 0.6 is 11.3 Å². The molecular formula is C20H30N4O2S. The lowest BCUT2D eigenvalue weighted by molar-refractivity contribution is -0.116. The summed E-state index contributed by atoms with van der Waals surface area (Å²) in [5.74, 6) is 0.298. The van der Waals surface area contributed by atoms with Crippen molar-refractivity contribution in [2.75, 3.05) is 18.4 Å². The van der Waals surface area contributed by atoms with Crippen molar-refractivity contribution in [3.63, 3.8) is 0 Å². The summed E-state index contributed by atoms with van der Waals surface area (Å²) in [6.45, 7) is 14.7. The van der Waals surface area contributed by atoms with E-state index in [4.69, 9.17) is 5.10 Å². The van der Waals surface area contributed by atoms with E-state index in [2.05, 4.69) is 26.1 Å². The molecule has 0 aliphatic carbocycles. The largest absolute Gasteiger partial charge is 0.329 e. The number of thiophene rings is 1. The number of nitrogens with zero attached hydrogens (tertiary/aromatic N) is 3. The quantitative estimate of drug-likeness (QED) is 0.836. The summed E-state index contributed by atoms with van der Waals surface area (Å²) >= 11 is 1.38. The zero-order valence-electron chi connectivity index (χ0n) is 17.3. The van der Waals surface area contributed by atoms with E-state index < -0.39 is 0 Å². The standard InChI is InChI=1S/C20H30N4O2S/c1-8-23(18(26)14-10-9-11-27-14)13-17(25)21-16-12-15(19(2,3)4)22-24(16)20(5,6)7/h9-12H,8,13H2,1-7H3,(H,21,25). The van der Waals surface area contributed by atoms with Gasteiger partial charge in [-0.25, -0.2) is 4.68 Å². The van der Waals surface area contributed by atoms with Crippen LogP contribution in [0.4, 0.5) is 5.82 Å². The number of anilines is 1. The van der Waals surface area contributed by atoms with Gasteiger partial charge in [-0.2, -0.15) is 5.10 Å². The van der Waals surface area contributed by atoms with Gasteiger partial charge in [0, 0.05) is 18.0 Å². The molecule has 2 aromatic rings. The minimum absolute atomic E-state index is 0.00735. The highest BCUT2D eigenvalue weighted by atomic mass is 32.1. The Balaban J connectivity index is 2.19. The minimum atomic E-state index is -0.274. The number of nitrogens with one attached hydrogen (secondary N) is 1. The molecule has 0 unspecified atom stereocenters. The van der Waals surface area contributed by atoms with E-state index in [0.717, 1.165) is 5.69 Å². The van der Waals surface area contributed by atoms with E-state index in [1.807, 2.05) is 49.9 Å². The van der Waals surface area contributed by atoms with Gasteiger partial charge in [0.1, 0.15) is 12.4 Å². The molecule has 6 nitrogen and oxygen atoms in total. The molecule has 0 saturated heterocycles. The van der Waals surface area contributed by atoms with Crippen LogP contribution in [-0.4, -0.2) is 39.6 Å². The molecule has 27 heavy (non-hydrogen) atoms. The van der Waals surface area contributed by atoms with Crippen molar-refractivity contribution in [1.82, 2.24) is 14.7 Å². The number of carbonyl (C=O) groups excluding carboxylic acids is 2. The smallest absolute Gasteiger partial charge is 0.264 e. The van der Waals surface area contributed by atoms with Crippen LogP contribution in [-0.2, 0) is 15.7 Å². The number of aromatic nitrogens is 2. The van der Waals surface area contributed by atoms with E-state index in [0.29, 0.717) is 17.2 Å². The highest BCUT2D eigenvalue weighted by Crippen LogP contribution is 2.28. The van der Waals surface area contributed by atoms with Crippen LogP contribution < -0.4 is 5.32 Å². The molecule has 0 bridgehead atoms. The number of rotatable bonds is 5. The van der Waals surface area contributed by atoms with Crippen LogP contribution in [0, 0.1) is 0 Å². The SMILES string of the molecule is CCN(CC(=O)Nc1cc(C(C)(C)C)nn1C(C)(C)C)C(=O)c1cccs1. The van der Waals surface area contributed by atoms with Gasteiger partial charge in [-0.1, -0.05) is 26.8 Å². The van der Waals surface area contributed by atoms with Gasteiger partial charge < -0.3 is 10.2 Å². The first-order valence-electron chi connectivity index (χ1n) is 9.17. The zero-order valence-corrected chi connectivity index (χ0v) is 18.1. The third-order valence-corrected chi connectivity index (χ3v) is 4.97.